The molecular formula is C12H22N2OS. The minimum Gasteiger partial charge on any atom is -0.393 e. The molecule has 2 N–H and O–H groups in total. The highest BCUT2D eigenvalue weighted by atomic mass is 32.1. The molecule has 4 heteroatoms. The van der Waals surface area contributed by atoms with Crippen molar-refractivity contribution in [3.05, 3.63) is 0 Å². The Labute approximate surface area is 103 Å². The maximum absolute atomic E-state index is 12.2. The quantitative estimate of drug-likeness (QED) is 0.765. The smallest absolute Gasteiger partial charge is 0.225 e. The number of rotatable bonds is 4. The van der Waals surface area contributed by atoms with Gasteiger partial charge in [-0.3, -0.25) is 4.79 Å². The normalized spacial score (nSPS) is 26.4. The second-order valence-corrected chi connectivity index (χ2v) is 5.51. The number of carbonyl (C=O) groups excluding carboxylic acids is 1. The van der Waals surface area contributed by atoms with Crippen LogP contribution in [0.25, 0.3) is 0 Å². The van der Waals surface area contributed by atoms with Crippen LogP contribution in [0.5, 0.6) is 0 Å². The van der Waals surface area contributed by atoms with Gasteiger partial charge in [0, 0.05) is 25.4 Å². The molecule has 1 rings (SSSR count). The molecule has 0 aliphatic heterocycles. The Bertz CT molecular complexity index is 280. The van der Waals surface area contributed by atoms with Crippen molar-refractivity contribution in [1.29, 1.82) is 0 Å². The lowest BCUT2D eigenvalue weighted by molar-refractivity contribution is -0.135. The molecule has 1 saturated carbocycles. The number of hydrogen-bond donors (Lipinski definition) is 1. The predicted octanol–water partition coefficient (Wildman–Crippen LogP) is 1.80. The van der Waals surface area contributed by atoms with Crippen LogP contribution >= 0.6 is 12.2 Å². The summed E-state index contributed by atoms with van der Waals surface area (Å²) in [5.41, 5.74) is 5.56. The number of hydrogen-bond acceptors (Lipinski definition) is 2. The molecule has 3 nitrogen and oxygen atoms in total. The summed E-state index contributed by atoms with van der Waals surface area (Å²) in [6, 6.07) is 0. The van der Waals surface area contributed by atoms with Gasteiger partial charge in [-0.2, -0.15) is 0 Å². The number of thiocarbonyl (C=S) groups is 1. The number of carbonyl (C=O) groups is 1. The molecule has 16 heavy (non-hydrogen) atoms. The van der Waals surface area contributed by atoms with Crippen molar-refractivity contribution < 1.29 is 4.79 Å². The fraction of sp³-hybridized carbons (Fsp3) is 0.833. The van der Waals surface area contributed by atoms with Gasteiger partial charge in [0.25, 0.3) is 0 Å². The Kier molecular flexibility index (Phi) is 4.71. The molecule has 0 aromatic heterocycles. The molecule has 3 unspecified atom stereocenters. The van der Waals surface area contributed by atoms with Crippen molar-refractivity contribution >= 4 is 23.1 Å². The highest BCUT2D eigenvalue weighted by Gasteiger charge is 2.31. The van der Waals surface area contributed by atoms with Gasteiger partial charge in [-0.05, 0) is 18.8 Å². The predicted molar refractivity (Wildman–Crippen MR) is 70.1 cm³/mol. The fourth-order valence-electron chi connectivity index (χ4n) is 2.39. The maximum Gasteiger partial charge on any atom is 0.225 e. The van der Waals surface area contributed by atoms with Crippen molar-refractivity contribution in [2.45, 2.75) is 33.1 Å². The van der Waals surface area contributed by atoms with Crippen molar-refractivity contribution in [1.82, 2.24) is 4.90 Å². The lowest BCUT2D eigenvalue weighted by Crippen LogP contribution is -2.39. The van der Waals surface area contributed by atoms with Gasteiger partial charge in [-0.1, -0.05) is 32.5 Å². The van der Waals surface area contributed by atoms with Gasteiger partial charge in [0.2, 0.25) is 5.91 Å². The van der Waals surface area contributed by atoms with Crippen molar-refractivity contribution in [3.8, 4) is 0 Å². The summed E-state index contributed by atoms with van der Waals surface area (Å²) >= 11 is 4.92. The topological polar surface area (TPSA) is 46.3 Å². The third-order valence-electron chi connectivity index (χ3n) is 3.59. The summed E-state index contributed by atoms with van der Waals surface area (Å²) in [6.45, 7) is 4.77. The third kappa shape index (κ3) is 3.17. The standard InChI is InChI=1S/C12H22N2OS/c1-8-5-4-6-10(8)12(15)14(3)7-9(2)11(13)16/h8-10H,4-7H2,1-3H3,(H2,13,16). The molecular weight excluding hydrogens is 220 g/mol. The minimum absolute atomic E-state index is 0.0978. The van der Waals surface area contributed by atoms with Crippen molar-refractivity contribution in [2.75, 3.05) is 13.6 Å². The van der Waals surface area contributed by atoms with Crippen LogP contribution in [0, 0.1) is 17.8 Å². The highest BCUT2D eigenvalue weighted by Crippen LogP contribution is 2.32. The van der Waals surface area contributed by atoms with Crippen LogP contribution < -0.4 is 5.73 Å². The summed E-state index contributed by atoms with van der Waals surface area (Å²) in [5.74, 6) is 1.09. The maximum atomic E-state index is 12.2. The Morgan fingerprint density at radius 3 is 2.62 bits per heavy atom. The van der Waals surface area contributed by atoms with E-state index >= 15 is 0 Å². The average Bonchev–Trinajstić information content (AvgIpc) is 2.62. The first-order valence-corrected chi connectivity index (χ1v) is 6.38. The summed E-state index contributed by atoms with van der Waals surface area (Å²) in [5, 5.41) is 0. The van der Waals surface area contributed by atoms with Gasteiger partial charge in [0.05, 0.1) is 4.99 Å². The first-order chi connectivity index (χ1) is 7.43. The van der Waals surface area contributed by atoms with E-state index in [0.717, 1.165) is 6.42 Å². The summed E-state index contributed by atoms with van der Waals surface area (Å²) in [7, 11) is 1.85. The Morgan fingerprint density at radius 1 is 1.56 bits per heavy atom. The zero-order valence-electron chi connectivity index (χ0n) is 10.4. The van der Waals surface area contributed by atoms with Gasteiger partial charge in [-0.25, -0.2) is 0 Å². The zero-order valence-corrected chi connectivity index (χ0v) is 11.2. The van der Waals surface area contributed by atoms with Crippen molar-refractivity contribution in [3.63, 3.8) is 0 Å². The van der Waals surface area contributed by atoms with Gasteiger partial charge in [0.15, 0.2) is 0 Å². The minimum atomic E-state index is 0.0978. The van der Waals surface area contributed by atoms with E-state index in [1.165, 1.54) is 12.8 Å². The molecule has 0 spiro atoms. The van der Waals surface area contributed by atoms with Crippen molar-refractivity contribution in [2.24, 2.45) is 23.5 Å². The van der Waals surface area contributed by atoms with E-state index in [0.29, 0.717) is 17.5 Å². The second kappa shape index (κ2) is 5.62. The molecule has 1 aliphatic rings. The monoisotopic (exact) mass is 242 g/mol. The molecule has 1 amide bonds. The lowest BCUT2D eigenvalue weighted by Gasteiger charge is -2.25. The molecule has 0 radical (unpaired) electrons. The van der Waals surface area contributed by atoms with Crippen LogP contribution in [0.4, 0.5) is 0 Å². The van der Waals surface area contributed by atoms with E-state index < -0.39 is 0 Å². The first-order valence-electron chi connectivity index (χ1n) is 5.97. The van der Waals surface area contributed by atoms with Crippen LogP contribution in [0.15, 0.2) is 0 Å². The Hall–Kier alpha value is -0.640. The van der Waals surface area contributed by atoms with Crippen LogP contribution in [-0.2, 0) is 4.79 Å². The number of amides is 1. The summed E-state index contributed by atoms with van der Waals surface area (Å²) < 4.78 is 0. The summed E-state index contributed by atoms with van der Waals surface area (Å²) in [6.07, 6.45) is 3.39. The van der Waals surface area contributed by atoms with E-state index in [2.05, 4.69) is 6.92 Å². The summed E-state index contributed by atoms with van der Waals surface area (Å²) in [4.78, 5) is 14.4. The van der Waals surface area contributed by atoms with Crippen LogP contribution in [0.1, 0.15) is 33.1 Å². The van der Waals surface area contributed by atoms with Gasteiger partial charge in [-0.15, -0.1) is 0 Å². The van der Waals surface area contributed by atoms with Gasteiger partial charge < -0.3 is 10.6 Å². The fourth-order valence-corrected chi connectivity index (χ4v) is 2.46. The van der Waals surface area contributed by atoms with E-state index in [1.54, 1.807) is 4.90 Å². The van der Waals surface area contributed by atoms with Crippen LogP contribution in [0.3, 0.4) is 0 Å². The third-order valence-corrected chi connectivity index (χ3v) is 3.99. The Balaban J connectivity index is 2.50. The lowest BCUT2D eigenvalue weighted by atomic mass is 9.96. The molecule has 92 valence electrons. The van der Waals surface area contributed by atoms with Gasteiger partial charge >= 0.3 is 0 Å². The van der Waals surface area contributed by atoms with Crippen LogP contribution in [-0.4, -0.2) is 29.4 Å². The number of nitrogens with two attached hydrogens (primary N) is 1. The van der Waals surface area contributed by atoms with E-state index in [4.69, 9.17) is 18.0 Å². The molecule has 0 aromatic rings. The van der Waals surface area contributed by atoms with E-state index in [9.17, 15) is 4.79 Å². The Morgan fingerprint density at radius 2 is 2.19 bits per heavy atom. The SMILES string of the molecule is CC(CN(C)C(=O)C1CCCC1C)C(N)=S. The molecule has 0 saturated heterocycles. The molecule has 0 heterocycles. The van der Waals surface area contributed by atoms with Crippen LogP contribution in [0.2, 0.25) is 0 Å². The average molecular weight is 242 g/mol. The number of nitrogens with zero attached hydrogens (tertiary/aromatic N) is 1. The first kappa shape index (κ1) is 13.4. The zero-order chi connectivity index (χ0) is 12.3. The van der Waals surface area contributed by atoms with E-state index in [1.807, 2.05) is 14.0 Å². The molecule has 3 atom stereocenters. The molecule has 1 aliphatic carbocycles. The molecule has 0 bridgehead atoms. The highest BCUT2D eigenvalue weighted by molar-refractivity contribution is 7.80. The largest absolute Gasteiger partial charge is 0.393 e. The van der Waals surface area contributed by atoms with Gasteiger partial charge in [0.1, 0.15) is 0 Å². The molecule has 1 fully saturated rings. The van der Waals surface area contributed by atoms with E-state index in [-0.39, 0.29) is 17.7 Å². The molecule has 0 aromatic carbocycles. The second-order valence-electron chi connectivity index (χ2n) is 5.04.